The van der Waals surface area contributed by atoms with Crippen LogP contribution in [0.5, 0.6) is 0 Å². The standard InChI is InChI=1S/C12H18O7/c1-3-8(13)12(11(18)19-2,6-4-9(14)15)7-5-10(16)17/h3-7H2,1-2H3,(H,14,15)(H,16,17). The average molecular weight is 274 g/mol. The molecule has 0 aliphatic heterocycles. The maximum Gasteiger partial charge on any atom is 0.319 e. The molecule has 0 atom stereocenters. The zero-order valence-corrected chi connectivity index (χ0v) is 11.0. The largest absolute Gasteiger partial charge is 0.481 e. The van der Waals surface area contributed by atoms with Crippen LogP contribution in [0.2, 0.25) is 0 Å². The molecule has 0 aliphatic rings. The van der Waals surface area contributed by atoms with E-state index in [4.69, 9.17) is 10.2 Å². The van der Waals surface area contributed by atoms with Crippen LogP contribution in [0.4, 0.5) is 0 Å². The SMILES string of the molecule is CCC(=O)C(CCC(=O)O)(CCC(=O)O)C(=O)OC. The highest BCUT2D eigenvalue weighted by Gasteiger charge is 2.45. The third kappa shape index (κ3) is 4.69. The molecule has 0 spiro atoms. The Balaban J connectivity index is 5.30. The van der Waals surface area contributed by atoms with Crippen molar-refractivity contribution in [3.05, 3.63) is 0 Å². The fourth-order valence-corrected chi connectivity index (χ4v) is 1.90. The molecule has 0 amide bonds. The summed E-state index contributed by atoms with van der Waals surface area (Å²) in [6.45, 7) is 1.53. The van der Waals surface area contributed by atoms with Crippen molar-refractivity contribution in [3.8, 4) is 0 Å². The minimum Gasteiger partial charge on any atom is -0.481 e. The van der Waals surface area contributed by atoms with Crippen LogP contribution >= 0.6 is 0 Å². The molecule has 0 unspecified atom stereocenters. The van der Waals surface area contributed by atoms with Crippen LogP contribution in [0, 0.1) is 5.41 Å². The van der Waals surface area contributed by atoms with Crippen molar-refractivity contribution in [2.75, 3.05) is 7.11 Å². The second kappa shape index (κ2) is 7.50. The van der Waals surface area contributed by atoms with Gasteiger partial charge in [0.2, 0.25) is 0 Å². The first-order chi connectivity index (χ1) is 8.80. The molecule has 0 aromatic rings. The van der Waals surface area contributed by atoms with Gasteiger partial charge in [-0.25, -0.2) is 0 Å². The molecule has 0 heterocycles. The maximum absolute atomic E-state index is 12.0. The summed E-state index contributed by atoms with van der Waals surface area (Å²) in [5.74, 6) is -3.69. The van der Waals surface area contributed by atoms with Crippen LogP contribution < -0.4 is 0 Å². The summed E-state index contributed by atoms with van der Waals surface area (Å²) in [7, 11) is 1.08. The molecule has 0 saturated carbocycles. The summed E-state index contributed by atoms with van der Waals surface area (Å²) >= 11 is 0. The van der Waals surface area contributed by atoms with Gasteiger partial charge in [-0.05, 0) is 12.8 Å². The molecule has 0 radical (unpaired) electrons. The highest BCUT2D eigenvalue weighted by molar-refractivity contribution is 6.04. The van der Waals surface area contributed by atoms with E-state index in [1.54, 1.807) is 0 Å². The normalized spacial score (nSPS) is 10.8. The van der Waals surface area contributed by atoms with E-state index in [1.807, 2.05) is 0 Å². The quantitative estimate of drug-likeness (QED) is 0.472. The van der Waals surface area contributed by atoms with Crippen LogP contribution in [-0.2, 0) is 23.9 Å². The number of aliphatic carboxylic acids is 2. The number of rotatable bonds is 9. The van der Waals surface area contributed by atoms with Gasteiger partial charge >= 0.3 is 17.9 Å². The van der Waals surface area contributed by atoms with Gasteiger partial charge < -0.3 is 14.9 Å². The Bertz CT molecular complexity index is 336. The van der Waals surface area contributed by atoms with Crippen LogP contribution in [-0.4, -0.2) is 41.0 Å². The van der Waals surface area contributed by atoms with E-state index in [1.165, 1.54) is 6.92 Å². The molecule has 0 aromatic heterocycles. The average Bonchev–Trinajstić information content (AvgIpc) is 2.37. The van der Waals surface area contributed by atoms with Crippen molar-refractivity contribution < 1.29 is 34.1 Å². The minimum atomic E-state index is -1.68. The number of hydrogen-bond donors (Lipinski definition) is 2. The number of carbonyl (C=O) groups excluding carboxylic acids is 2. The summed E-state index contributed by atoms with van der Waals surface area (Å²) in [6, 6.07) is 0. The molecule has 7 heteroatoms. The second-order valence-corrected chi connectivity index (χ2v) is 4.14. The molecule has 19 heavy (non-hydrogen) atoms. The van der Waals surface area contributed by atoms with E-state index >= 15 is 0 Å². The molecule has 0 rings (SSSR count). The van der Waals surface area contributed by atoms with Crippen molar-refractivity contribution in [2.24, 2.45) is 5.41 Å². The lowest BCUT2D eigenvalue weighted by atomic mass is 9.74. The summed E-state index contributed by atoms with van der Waals surface area (Å²) in [5, 5.41) is 17.4. The van der Waals surface area contributed by atoms with Gasteiger partial charge in [0.15, 0.2) is 0 Å². The number of carboxylic acids is 2. The lowest BCUT2D eigenvalue weighted by molar-refractivity contribution is -0.160. The monoisotopic (exact) mass is 274 g/mol. The Kier molecular flexibility index (Phi) is 6.74. The zero-order chi connectivity index (χ0) is 15.1. The van der Waals surface area contributed by atoms with Gasteiger partial charge in [-0.1, -0.05) is 6.92 Å². The van der Waals surface area contributed by atoms with E-state index in [9.17, 15) is 19.2 Å². The second-order valence-electron chi connectivity index (χ2n) is 4.14. The van der Waals surface area contributed by atoms with Crippen molar-refractivity contribution in [2.45, 2.75) is 39.0 Å². The summed E-state index contributed by atoms with van der Waals surface area (Å²) < 4.78 is 4.56. The molecule has 0 aliphatic carbocycles. The Hall–Kier alpha value is -1.92. The van der Waals surface area contributed by atoms with Gasteiger partial charge in [0.05, 0.1) is 7.11 Å². The van der Waals surface area contributed by atoms with Gasteiger partial charge in [0.25, 0.3) is 0 Å². The fraction of sp³-hybridized carbons (Fsp3) is 0.667. The maximum atomic E-state index is 12.0. The van der Waals surface area contributed by atoms with E-state index in [0.29, 0.717) is 0 Å². The van der Waals surface area contributed by atoms with Gasteiger partial charge in [-0.3, -0.25) is 19.2 Å². The molecule has 108 valence electrons. The number of carboxylic acid groups (broad SMARTS) is 2. The molecule has 0 saturated heterocycles. The number of ketones is 1. The lowest BCUT2D eigenvalue weighted by Crippen LogP contribution is -2.41. The number of esters is 1. The van der Waals surface area contributed by atoms with Crippen molar-refractivity contribution in [3.63, 3.8) is 0 Å². The predicted molar refractivity (Wildman–Crippen MR) is 63.5 cm³/mol. The van der Waals surface area contributed by atoms with E-state index in [-0.39, 0.29) is 19.3 Å². The first kappa shape index (κ1) is 17.1. The van der Waals surface area contributed by atoms with Crippen LogP contribution in [0.15, 0.2) is 0 Å². The third-order valence-corrected chi connectivity index (χ3v) is 2.96. The van der Waals surface area contributed by atoms with Gasteiger partial charge in [-0.2, -0.15) is 0 Å². The number of ether oxygens (including phenoxy) is 1. The van der Waals surface area contributed by atoms with Gasteiger partial charge in [0.1, 0.15) is 11.2 Å². The Labute approximate surface area is 110 Å². The lowest BCUT2D eigenvalue weighted by Gasteiger charge is -2.28. The van der Waals surface area contributed by atoms with Gasteiger partial charge in [0, 0.05) is 19.3 Å². The predicted octanol–water partition coefficient (Wildman–Crippen LogP) is 0.854. The molecule has 2 N–H and O–H groups in total. The number of carbonyl (C=O) groups is 4. The molecule has 7 nitrogen and oxygen atoms in total. The molecule has 0 fully saturated rings. The van der Waals surface area contributed by atoms with Crippen molar-refractivity contribution in [1.29, 1.82) is 0 Å². The topological polar surface area (TPSA) is 118 Å². The minimum absolute atomic E-state index is 0.00827. The van der Waals surface area contributed by atoms with Crippen LogP contribution in [0.25, 0.3) is 0 Å². The molecular weight excluding hydrogens is 256 g/mol. The summed E-state index contributed by atoms with van der Waals surface area (Å²) in [4.78, 5) is 45.1. The Morgan fingerprint density at radius 3 is 1.68 bits per heavy atom. The number of hydrogen-bond acceptors (Lipinski definition) is 5. The zero-order valence-electron chi connectivity index (χ0n) is 11.0. The summed E-state index contributed by atoms with van der Waals surface area (Å²) in [6.07, 6.45) is -1.31. The molecule has 0 aromatic carbocycles. The van der Waals surface area contributed by atoms with Crippen LogP contribution in [0.1, 0.15) is 39.0 Å². The highest BCUT2D eigenvalue weighted by atomic mass is 16.5. The van der Waals surface area contributed by atoms with E-state index < -0.39 is 41.9 Å². The first-order valence-corrected chi connectivity index (χ1v) is 5.85. The van der Waals surface area contributed by atoms with Crippen LogP contribution in [0.3, 0.4) is 0 Å². The van der Waals surface area contributed by atoms with Gasteiger partial charge in [-0.15, -0.1) is 0 Å². The molecule has 0 bridgehead atoms. The Morgan fingerprint density at radius 1 is 1.00 bits per heavy atom. The number of methoxy groups -OCH3 is 1. The third-order valence-electron chi connectivity index (χ3n) is 2.96. The highest BCUT2D eigenvalue weighted by Crippen LogP contribution is 2.34. The number of Topliss-reactive ketones (excluding diaryl/α,β-unsaturated/α-hetero) is 1. The van der Waals surface area contributed by atoms with E-state index in [2.05, 4.69) is 4.74 Å². The fourth-order valence-electron chi connectivity index (χ4n) is 1.90. The smallest absolute Gasteiger partial charge is 0.319 e. The van der Waals surface area contributed by atoms with E-state index in [0.717, 1.165) is 7.11 Å². The van der Waals surface area contributed by atoms with Crippen molar-refractivity contribution >= 4 is 23.7 Å². The molecular formula is C12H18O7. The first-order valence-electron chi connectivity index (χ1n) is 5.85. The summed E-state index contributed by atoms with van der Waals surface area (Å²) in [5.41, 5.74) is -1.68. The van der Waals surface area contributed by atoms with Crippen molar-refractivity contribution in [1.82, 2.24) is 0 Å². The Morgan fingerprint density at radius 2 is 1.42 bits per heavy atom.